The van der Waals surface area contributed by atoms with Gasteiger partial charge in [-0.05, 0) is 43.5 Å². The molecular weight excluding hydrogens is 186 g/mol. The maximum Gasteiger partial charge on any atom is 0.0960 e. The zero-order chi connectivity index (χ0) is 10.3. The number of hydrogen-bond donors (Lipinski definition) is 1. The van der Waals surface area contributed by atoms with E-state index in [4.69, 9.17) is 5.73 Å². The minimum Gasteiger partial charge on any atom is -0.330 e. The maximum atomic E-state index is 5.54. The topological polar surface area (TPSA) is 43.8 Å². The third-order valence-corrected chi connectivity index (χ3v) is 3.01. The fourth-order valence-electron chi connectivity index (χ4n) is 2.04. The first-order valence-electron chi connectivity index (χ1n) is 5.54. The van der Waals surface area contributed by atoms with E-state index in [-0.39, 0.29) is 0 Å². The second kappa shape index (κ2) is 3.35. The molecule has 3 nitrogen and oxygen atoms in total. The third-order valence-electron chi connectivity index (χ3n) is 3.01. The lowest BCUT2D eigenvalue weighted by Crippen LogP contribution is -2.02. The molecule has 0 spiro atoms. The van der Waals surface area contributed by atoms with Gasteiger partial charge in [0.1, 0.15) is 0 Å². The van der Waals surface area contributed by atoms with Crippen molar-refractivity contribution in [1.82, 2.24) is 9.55 Å². The van der Waals surface area contributed by atoms with E-state index >= 15 is 0 Å². The number of benzene rings is 1. The van der Waals surface area contributed by atoms with Crippen molar-refractivity contribution in [3.63, 3.8) is 0 Å². The van der Waals surface area contributed by atoms with E-state index in [0.717, 1.165) is 11.9 Å². The monoisotopic (exact) mass is 201 g/mol. The number of hydrogen-bond acceptors (Lipinski definition) is 2. The molecule has 1 aliphatic carbocycles. The van der Waals surface area contributed by atoms with E-state index in [1.54, 1.807) is 0 Å². The van der Waals surface area contributed by atoms with Gasteiger partial charge in [0.2, 0.25) is 0 Å². The summed E-state index contributed by atoms with van der Waals surface area (Å²) in [6.45, 7) is 0.703. The Kier molecular flexibility index (Phi) is 1.99. The molecule has 3 heteroatoms. The van der Waals surface area contributed by atoms with Gasteiger partial charge < -0.3 is 10.3 Å². The number of nitrogens with two attached hydrogens (primary N) is 1. The summed E-state index contributed by atoms with van der Waals surface area (Å²) in [5.74, 6) is 0. The maximum absolute atomic E-state index is 5.54. The third kappa shape index (κ3) is 1.53. The SMILES string of the molecule is NCCc1ccc2c(c1)ncn2C1CC1. The Morgan fingerprint density at radius 2 is 2.27 bits per heavy atom. The molecule has 0 unspecified atom stereocenters. The summed E-state index contributed by atoms with van der Waals surface area (Å²) in [6.07, 6.45) is 5.51. The number of rotatable bonds is 3. The predicted molar refractivity (Wildman–Crippen MR) is 60.8 cm³/mol. The van der Waals surface area contributed by atoms with Crippen LogP contribution in [-0.4, -0.2) is 16.1 Å². The normalized spacial score (nSPS) is 16.1. The molecule has 15 heavy (non-hydrogen) atoms. The Hall–Kier alpha value is -1.35. The Morgan fingerprint density at radius 3 is 3.00 bits per heavy atom. The van der Waals surface area contributed by atoms with Crippen LogP contribution in [0.25, 0.3) is 11.0 Å². The van der Waals surface area contributed by atoms with Gasteiger partial charge >= 0.3 is 0 Å². The fraction of sp³-hybridized carbons (Fsp3) is 0.417. The van der Waals surface area contributed by atoms with Gasteiger partial charge in [-0.2, -0.15) is 0 Å². The Labute approximate surface area is 88.9 Å². The molecule has 1 aliphatic rings. The minimum absolute atomic E-state index is 0.703. The van der Waals surface area contributed by atoms with E-state index in [1.807, 2.05) is 6.33 Å². The largest absolute Gasteiger partial charge is 0.330 e. The molecule has 0 bridgehead atoms. The lowest BCUT2D eigenvalue weighted by molar-refractivity contribution is 0.766. The van der Waals surface area contributed by atoms with Crippen LogP contribution in [0.2, 0.25) is 0 Å². The van der Waals surface area contributed by atoms with Crippen LogP contribution in [0, 0.1) is 0 Å². The summed E-state index contributed by atoms with van der Waals surface area (Å²) in [7, 11) is 0. The summed E-state index contributed by atoms with van der Waals surface area (Å²) in [5, 5.41) is 0. The molecule has 0 radical (unpaired) electrons. The Balaban J connectivity index is 2.05. The Bertz CT molecular complexity index is 483. The minimum atomic E-state index is 0.703. The van der Waals surface area contributed by atoms with E-state index in [0.29, 0.717) is 12.6 Å². The number of nitrogens with zero attached hydrogens (tertiary/aromatic N) is 2. The Morgan fingerprint density at radius 1 is 1.40 bits per heavy atom. The summed E-state index contributed by atoms with van der Waals surface area (Å²) < 4.78 is 2.29. The van der Waals surface area contributed by atoms with Crippen LogP contribution in [0.15, 0.2) is 24.5 Å². The highest BCUT2D eigenvalue weighted by Gasteiger charge is 2.24. The number of imidazole rings is 1. The molecule has 1 fully saturated rings. The average molecular weight is 201 g/mol. The van der Waals surface area contributed by atoms with Crippen molar-refractivity contribution >= 4 is 11.0 Å². The van der Waals surface area contributed by atoms with E-state index in [2.05, 4.69) is 27.8 Å². The highest BCUT2D eigenvalue weighted by Crippen LogP contribution is 2.37. The van der Waals surface area contributed by atoms with Crippen LogP contribution in [0.1, 0.15) is 24.4 Å². The van der Waals surface area contributed by atoms with Crippen LogP contribution in [0.3, 0.4) is 0 Å². The first-order chi connectivity index (χ1) is 7.38. The van der Waals surface area contributed by atoms with Gasteiger partial charge in [-0.3, -0.25) is 0 Å². The number of aromatic nitrogens is 2. The van der Waals surface area contributed by atoms with Crippen LogP contribution in [0.5, 0.6) is 0 Å². The lowest BCUT2D eigenvalue weighted by atomic mass is 10.1. The average Bonchev–Trinajstić information content (AvgIpc) is 3.00. The molecule has 0 amide bonds. The quantitative estimate of drug-likeness (QED) is 0.823. The van der Waals surface area contributed by atoms with Crippen LogP contribution < -0.4 is 5.73 Å². The smallest absolute Gasteiger partial charge is 0.0960 e. The van der Waals surface area contributed by atoms with Crippen molar-refractivity contribution in [1.29, 1.82) is 0 Å². The fourth-order valence-corrected chi connectivity index (χ4v) is 2.04. The standard InChI is InChI=1S/C12H15N3/c13-6-5-9-1-4-12-11(7-9)14-8-15(12)10-2-3-10/h1,4,7-8,10H,2-3,5-6,13H2. The zero-order valence-electron chi connectivity index (χ0n) is 8.69. The molecule has 1 aromatic heterocycles. The molecule has 2 N–H and O–H groups in total. The molecule has 0 aliphatic heterocycles. The van der Waals surface area contributed by atoms with Crippen molar-refractivity contribution in [2.45, 2.75) is 25.3 Å². The summed E-state index contributed by atoms with van der Waals surface area (Å²) in [5.41, 5.74) is 9.19. The molecule has 0 atom stereocenters. The van der Waals surface area contributed by atoms with Crippen LogP contribution >= 0.6 is 0 Å². The molecule has 1 heterocycles. The van der Waals surface area contributed by atoms with Crippen molar-refractivity contribution in [2.24, 2.45) is 5.73 Å². The number of fused-ring (bicyclic) bond motifs is 1. The first kappa shape index (κ1) is 8.92. The lowest BCUT2D eigenvalue weighted by Gasteiger charge is -2.02. The van der Waals surface area contributed by atoms with Gasteiger partial charge in [0.25, 0.3) is 0 Å². The van der Waals surface area contributed by atoms with E-state index in [9.17, 15) is 0 Å². The molecule has 2 aromatic rings. The van der Waals surface area contributed by atoms with Gasteiger partial charge in [-0.15, -0.1) is 0 Å². The first-order valence-corrected chi connectivity index (χ1v) is 5.54. The summed E-state index contributed by atoms with van der Waals surface area (Å²) in [6, 6.07) is 7.19. The van der Waals surface area contributed by atoms with Crippen molar-refractivity contribution in [3.05, 3.63) is 30.1 Å². The molecule has 1 aromatic carbocycles. The van der Waals surface area contributed by atoms with Crippen molar-refractivity contribution in [3.8, 4) is 0 Å². The molecule has 1 saturated carbocycles. The van der Waals surface area contributed by atoms with Gasteiger partial charge in [0.05, 0.1) is 17.4 Å². The van der Waals surface area contributed by atoms with Gasteiger partial charge in [-0.25, -0.2) is 4.98 Å². The van der Waals surface area contributed by atoms with Gasteiger partial charge in [0.15, 0.2) is 0 Å². The molecule has 3 rings (SSSR count). The molecule has 0 saturated heterocycles. The predicted octanol–water partition coefficient (Wildman–Crippen LogP) is 1.87. The van der Waals surface area contributed by atoms with E-state index in [1.165, 1.54) is 23.9 Å². The van der Waals surface area contributed by atoms with Gasteiger partial charge in [0, 0.05) is 6.04 Å². The summed E-state index contributed by atoms with van der Waals surface area (Å²) >= 11 is 0. The summed E-state index contributed by atoms with van der Waals surface area (Å²) in [4.78, 5) is 4.44. The second-order valence-corrected chi connectivity index (χ2v) is 4.24. The van der Waals surface area contributed by atoms with Crippen molar-refractivity contribution in [2.75, 3.05) is 6.54 Å². The molecular formula is C12H15N3. The van der Waals surface area contributed by atoms with Gasteiger partial charge in [-0.1, -0.05) is 6.07 Å². The van der Waals surface area contributed by atoms with Crippen LogP contribution in [-0.2, 0) is 6.42 Å². The van der Waals surface area contributed by atoms with Crippen LogP contribution in [0.4, 0.5) is 0 Å². The molecule has 78 valence electrons. The van der Waals surface area contributed by atoms with Crippen molar-refractivity contribution < 1.29 is 0 Å². The van der Waals surface area contributed by atoms with E-state index < -0.39 is 0 Å². The highest BCUT2D eigenvalue weighted by atomic mass is 15.1. The second-order valence-electron chi connectivity index (χ2n) is 4.24. The zero-order valence-corrected chi connectivity index (χ0v) is 8.69. The highest BCUT2D eigenvalue weighted by molar-refractivity contribution is 5.76.